The van der Waals surface area contributed by atoms with Gasteiger partial charge in [0.25, 0.3) is 5.91 Å². The summed E-state index contributed by atoms with van der Waals surface area (Å²) >= 11 is 0. The summed E-state index contributed by atoms with van der Waals surface area (Å²) in [6.07, 6.45) is 4.69. The molecule has 1 saturated carbocycles. The highest BCUT2D eigenvalue weighted by Gasteiger charge is 2.27. The molecule has 0 bridgehead atoms. The number of aromatic amines is 1. The van der Waals surface area contributed by atoms with Gasteiger partial charge in [0.15, 0.2) is 0 Å². The normalized spacial score (nSPS) is 22.1. The molecule has 2 aromatic rings. The SMILES string of the molecule is O=C(NC1CCCCC1C(=O)[O-])c1ccc2[nH]ncc2c1. The molecule has 1 aliphatic rings. The molecular formula is C15H16N3O3-. The first kappa shape index (κ1) is 13.6. The number of carbonyl (C=O) groups excluding carboxylic acids is 2. The summed E-state index contributed by atoms with van der Waals surface area (Å²) in [7, 11) is 0. The lowest BCUT2D eigenvalue weighted by molar-refractivity contribution is -0.313. The summed E-state index contributed by atoms with van der Waals surface area (Å²) in [5.41, 5.74) is 1.36. The first-order valence-corrected chi connectivity index (χ1v) is 7.10. The summed E-state index contributed by atoms with van der Waals surface area (Å²) in [5, 5.41) is 21.6. The van der Waals surface area contributed by atoms with Gasteiger partial charge in [-0.3, -0.25) is 9.89 Å². The lowest BCUT2D eigenvalue weighted by atomic mass is 9.84. The molecule has 1 aromatic carbocycles. The third-order valence-electron chi connectivity index (χ3n) is 4.09. The number of hydrogen-bond donors (Lipinski definition) is 2. The van der Waals surface area contributed by atoms with Crippen LogP contribution in [0.2, 0.25) is 0 Å². The predicted molar refractivity (Wildman–Crippen MR) is 74.3 cm³/mol. The molecule has 0 aliphatic heterocycles. The van der Waals surface area contributed by atoms with E-state index in [1.165, 1.54) is 0 Å². The minimum absolute atomic E-state index is 0.253. The molecular weight excluding hydrogens is 270 g/mol. The first-order valence-electron chi connectivity index (χ1n) is 7.10. The minimum Gasteiger partial charge on any atom is -0.550 e. The average Bonchev–Trinajstić information content (AvgIpc) is 2.94. The topological polar surface area (TPSA) is 97.9 Å². The number of amides is 1. The number of aliphatic carboxylic acids is 1. The first-order chi connectivity index (χ1) is 10.1. The number of nitrogens with one attached hydrogen (secondary N) is 2. The maximum Gasteiger partial charge on any atom is 0.251 e. The number of hydrogen-bond acceptors (Lipinski definition) is 4. The zero-order valence-corrected chi connectivity index (χ0v) is 11.5. The number of rotatable bonds is 3. The molecule has 0 radical (unpaired) electrons. The lowest BCUT2D eigenvalue weighted by Crippen LogP contribution is -2.49. The molecule has 2 N–H and O–H groups in total. The highest BCUT2D eigenvalue weighted by molar-refractivity contribution is 5.98. The van der Waals surface area contributed by atoms with Crippen molar-refractivity contribution < 1.29 is 14.7 Å². The molecule has 6 heteroatoms. The molecule has 2 unspecified atom stereocenters. The Morgan fingerprint density at radius 2 is 2.10 bits per heavy atom. The van der Waals surface area contributed by atoms with Crippen LogP contribution in [0.15, 0.2) is 24.4 Å². The highest BCUT2D eigenvalue weighted by Crippen LogP contribution is 2.24. The van der Waals surface area contributed by atoms with Gasteiger partial charge in [-0.15, -0.1) is 0 Å². The monoisotopic (exact) mass is 286 g/mol. The van der Waals surface area contributed by atoms with Gasteiger partial charge in [-0.2, -0.15) is 5.10 Å². The summed E-state index contributed by atoms with van der Waals surface area (Å²) in [6, 6.07) is 4.88. The van der Waals surface area contributed by atoms with Crippen LogP contribution in [0.1, 0.15) is 36.0 Å². The van der Waals surface area contributed by atoms with E-state index in [1.807, 2.05) is 0 Å². The van der Waals surface area contributed by atoms with Crippen molar-refractivity contribution in [2.45, 2.75) is 31.7 Å². The molecule has 1 heterocycles. The van der Waals surface area contributed by atoms with Crippen molar-refractivity contribution in [3.63, 3.8) is 0 Å². The molecule has 1 aromatic heterocycles. The van der Waals surface area contributed by atoms with Crippen molar-refractivity contribution in [2.24, 2.45) is 5.92 Å². The fourth-order valence-corrected chi connectivity index (χ4v) is 2.92. The zero-order chi connectivity index (χ0) is 14.8. The van der Waals surface area contributed by atoms with Gasteiger partial charge in [-0.25, -0.2) is 0 Å². The van der Waals surface area contributed by atoms with E-state index in [-0.39, 0.29) is 11.9 Å². The number of nitrogens with zero attached hydrogens (tertiary/aromatic N) is 1. The second-order valence-corrected chi connectivity index (χ2v) is 5.46. The minimum atomic E-state index is -1.08. The van der Waals surface area contributed by atoms with Crippen molar-refractivity contribution in [1.82, 2.24) is 15.5 Å². The summed E-state index contributed by atoms with van der Waals surface area (Å²) in [6.45, 7) is 0. The third-order valence-corrected chi connectivity index (χ3v) is 4.09. The van der Waals surface area contributed by atoms with Gasteiger partial charge in [0.1, 0.15) is 0 Å². The molecule has 2 atom stereocenters. The van der Waals surface area contributed by atoms with E-state index in [9.17, 15) is 14.7 Å². The van der Waals surface area contributed by atoms with E-state index >= 15 is 0 Å². The Hall–Kier alpha value is -2.37. The Labute approximate surface area is 121 Å². The Morgan fingerprint density at radius 3 is 2.90 bits per heavy atom. The van der Waals surface area contributed by atoms with Gasteiger partial charge in [0, 0.05) is 28.9 Å². The van der Waals surface area contributed by atoms with E-state index < -0.39 is 11.9 Å². The van der Waals surface area contributed by atoms with Crippen LogP contribution in [0.4, 0.5) is 0 Å². The van der Waals surface area contributed by atoms with E-state index in [4.69, 9.17) is 0 Å². The lowest BCUT2D eigenvalue weighted by Gasteiger charge is -2.32. The molecule has 6 nitrogen and oxygen atoms in total. The van der Waals surface area contributed by atoms with E-state index in [0.29, 0.717) is 18.4 Å². The van der Waals surface area contributed by atoms with Crippen molar-refractivity contribution in [3.05, 3.63) is 30.0 Å². The Kier molecular flexibility index (Phi) is 3.60. The van der Waals surface area contributed by atoms with Crippen LogP contribution < -0.4 is 10.4 Å². The molecule has 0 spiro atoms. The molecule has 3 rings (SSSR count). The number of carboxylic acids is 1. The largest absolute Gasteiger partial charge is 0.550 e. The zero-order valence-electron chi connectivity index (χ0n) is 11.5. The quantitative estimate of drug-likeness (QED) is 0.863. The summed E-state index contributed by atoms with van der Waals surface area (Å²) < 4.78 is 0. The van der Waals surface area contributed by atoms with Crippen LogP contribution in [0.5, 0.6) is 0 Å². The fraction of sp³-hybridized carbons (Fsp3) is 0.400. The number of carbonyl (C=O) groups is 2. The number of benzene rings is 1. The number of fused-ring (bicyclic) bond motifs is 1. The van der Waals surface area contributed by atoms with Crippen LogP contribution in [-0.2, 0) is 4.79 Å². The van der Waals surface area contributed by atoms with E-state index in [1.54, 1.807) is 24.4 Å². The van der Waals surface area contributed by atoms with Gasteiger partial charge in [-0.05, 0) is 31.0 Å². The molecule has 0 saturated heterocycles. The van der Waals surface area contributed by atoms with Crippen LogP contribution in [0, 0.1) is 5.92 Å². The predicted octanol–water partition coefficient (Wildman–Crippen LogP) is 0.601. The number of carboxylic acid groups (broad SMARTS) is 1. The third kappa shape index (κ3) is 2.74. The van der Waals surface area contributed by atoms with Crippen LogP contribution >= 0.6 is 0 Å². The standard InChI is InChI=1S/C15H17N3O3/c19-14(9-5-6-12-10(7-9)8-16-18-12)17-13-4-2-1-3-11(13)15(20)21/h5-8,11,13H,1-4H2,(H,16,18)(H,17,19)(H,20,21)/p-1. The highest BCUT2D eigenvalue weighted by atomic mass is 16.4. The molecule has 1 fully saturated rings. The van der Waals surface area contributed by atoms with Gasteiger partial charge in [0.2, 0.25) is 0 Å². The van der Waals surface area contributed by atoms with Crippen LogP contribution in [0.25, 0.3) is 10.9 Å². The average molecular weight is 286 g/mol. The van der Waals surface area contributed by atoms with Crippen molar-refractivity contribution in [2.75, 3.05) is 0 Å². The summed E-state index contributed by atoms with van der Waals surface area (Å²) in [5.74, 6) is -1.93. The maximum absolute atomic E-state index is 12.3. The summed E-state index contributed by atoms with van der Waals surface area (Å²) in [4.78, 5) is 23.4. The van der Waals surface area contributed by atoms with E-state index in [2.05, 4.69) is 15.5 Å². The van der Waals surface area contributed by atoms with Gasteiger partial charge in [0.05, 0.1) is 11.7 Å². The maximum atomic E-state index is 12.3. The molecule has 1 amide bonds. The van der Waals surface area contributed by atoms with Gasteiger partial charge < -0.3 is 15.2 Å². The van der Waals surface area contributed by atoms with Crippen molar-refractivity contribution >= 4 is 22.8 Å². The van der Waals surface area contributed by atoms with Crippen molar-refractivity contribution in [3.8, 4) is 0 Å². The molecule has 21 heavy (non-hydrogen) atoms. The Balaban J connectivity index is 1.76. The van der Waals surface area contributed by atoms with Crippen LogP contribution in [-0.4, -0.2) is 28.1 Å². The van der Waals surface area contributed by atoms with Gasteiger partial charge in [-0.1, -0.05) is 12.8 Å². The Morgan fingerprint density at radius 1 is 1.29 bits per heavy atom. The van der Waals surface area contributed by atoms with Crippen LogP contribution in [0.3, 0.4) is 0 Å². The molecule has 110 valence electrons. The van der Waals surface area contributed by atoms with Gasteiger partial charge >= 0.3 is 0 Å². The second kappa shape index (κ2) is 5.55. The van der Waals surface area contributed by atoms with E-state index in [0.717, 1.165) is 23.7 Å². The van der Waals surface area contributed by atoms with Crippen molar-refractivity contribution in [1.29, 1.82) is 0 Å². The smallest absolute Gasteiger partial charge is 0.251 e. The number of aromatic nitrogens is 2. The molecule has 1 aliphatic carbocycles. The fourth-order valence-electron chi connectivity index (χ4n) is 2.92. The Bertz CT molecular complexity index is 680. The second-order valence-electron chi connectivity index (χ2n) is 5.46. The number of H-pyrrole nitrogens is 1.